The summed E-state index contributed by atoms with van der Waals surface area (Å²) in [4.78, 5) is 18.7. The van der Waals surface area contributed by atoms with Crippen LogP contribution in [0.5, 0.6) is 5.75 Å². The van der Waals surface area contributed by atoms with Crippen LogP contribution in [0.15, 0.2) is 41.2 Å². The third kappa shape index (κ3) is 2.99. The van der Waals surface area contributed by atoms with Crippen molar-refractivity contribution in [2.45, 2.75) is 19.8 Å². The molecule has 1 N–H and O–H groups in total. The molecule has 2 aromatic carbocycles. The van der Waals surface area contributed by atoms with Crippen molar-refractivity contribution in [2.75, 3.05) is 6.61 Å². The van der Waals surface area contributed by atoms with Gasteiger partial charge in [-0.3, -0.25) is 4.79 Å². The predicted octanol–water partition coefficient (Wildman–Crippen LogP) is 4.05. The molecule has 0 unspecified atom stereocenters. The standard InChI is InChI=1S/C18H16F2N2O2/c1-2-3-10-24-14-9-8-12(19)15(16(14)20)17-21-13-7-5-4-6-11(13)18(23)22-17/h4-9H,2-3,10H2,1H3,(H,21,22,23). The molecule has 1 aromatic heterocycles. The van der Waals surface area contributed by atoms with Crippen LogP contribution in [0.2, 0.25) is 0 Å². The molecule has 124 valence electrons. The van der Waals surface area contributed by atoms with Gasteiger partial charge in [-0.2, -0.15) is 0 Å². The third-order valence-electron chi connectivity index (χ3n) is 3.66. The number of rotatable bonds is 5. The lowest BCUT2D eigenvalue weighted by atomic mass is 10.1. The van der Waals surface area contributed by atoms with Crippen molar-refractivity contribution in [3.05, 3.63) is 58.4 Å². The van der Waals surface area contributed by atoms with E-state index in [1.165, 1.54) is 6.07 Å². The van der Waals surface area contributed by atoms with Gasteiger partial charge >= 0.3 is 0 Å². The number of benzene rings is 2. The number of H-pyrrole nitrogens is 1. The predicted molar refractivity (Wildman–Crippen MR) is 88.1 cm³/mol. The second kappa shape index (κ2) is 6.78. The van der Waals surface area contributed by atoms with Crippen LogP contribution < -0.4 is 10.3 Å². The summed E-state index contributed by atoms with van der Waals surface area (Å²) in [6, 6.07) is 8.96. The molecule has 0 amide bonds. The molecule has 1 heterocycles. The molecule has 0 atom stereocenters. The van der Waals surface area contributed by atoms with E-state index in [9.17, 15) is 13.6 Å². The van der Waals surface area contributed by atoms with Gasteiger partial charge in [-0.25, -0.2) is 13.8 Å². The maximum atomic E-state index is 14.7. The maximum Gasteiger partial charge on any atom is 0.259 e. The highest BCUT2D eigenvalue weighted by molar-refractivity contribution is 5.79. The van der Waals surface area contributed by atoms with Crippen LogP contribution in [0.3, 0.4) is 0 Å². The molecule has 0 saturated carbocycles. The van der Waals surface area contributed by atoms with Crippen LogP contribution in [0.1, 0.15) is 19.8 Å². The first kappa shape index (κ1) is 16.1. The summed E-state index contributed by atoms with van der Waals surface area (Å²) in [5.41, 5.74) is -0.481. The number of nitrogens with one attached hydrogen (secondary N) is 1. The second-order valence-electron chi connectivity index (χ2n) is 5.37. The Balaban J connectivity index is 2.12. The van der Waals surface area contributed by atoms with Gasteiger partial charge in [-0.15, -0.1) is 0 Å². The smallest absolute Gasteiger partial charge is 0.259 e. The third-order valence-corrected chi connectivity index (χ3v) is 3.66. The van der Waals surface area contributed by atoms with Gasteiger partial charge < -0.3 is 9.72 Å². The molecule has 3 rings (SSSR count). The topological polar surface area (TPSA) is 55.0 Å². The number of fused-ring (bicyclic) bond motifs is 1. The van der Waals surface area contributed by atoms with Gasteiger partial charge in [0.05, 0.1) is 23.1 Å². The quantitative estimate of drug-likeness (QED) is 0.718. The molecule has 0 fully saturated rings. The molecular formula is C18H16F2N2O2. The van der Waals surface area contributed by atoms with E-state index in [0.29, 0.717) is 17.5 Å². The van der Waals surface area contributed by atoms with Gasteiger partial charge in [0.1, 0.15) is 11.6 Å². The molecule has 0 saturated heterocycles. The fourth-order valence-electron chi connectivity index (χ4n) is 2.39. The highest BCUT2D eigenvalue weighted by Gasteiger charge is 2.19. The SMILES string of the molecule is CCCCOc1ccc(F)c(-c2nc3ccccc3c(=O)[nH]2)c1F. The molecule has 0 aliphatic heterocycles. The van der Waals surface area contributed by atoms with Crippen molar-refractivity contribution in [1.29, 1.82) is 0 Å². The van der Waals surface area contributed by atoms with Crippen LogP contribution in [-0.4, -0.2) is 16.6 Å². The van der Waals surface area contributed by atoms with Crippen molar-refractivity contribution < 1.29 is 13.5 Å². The number of para-hydroxylation sites is 1. The van der Waals surface area contributed by atoms with Gasteiger partial charge in [-0.1, -0.05) is 25.5 Å². The lowest BCUT2D eigenvalue weighted by Crippen LogP contribution is -2.11. The molecular weight excluding hydrogens is 314 g/mol. The number of aromatic nitrogens is 2. The minimum atomic E-state index is -0.871. The zero-order chi connectivity index (χ0) is 17.1. The molecule has 0 radical (unpaired) electrons. The van der Waals surface area contributed by atoms with Crippen molar-refractivity contribution in [2.24, 2.45) is 0 Å². The fraction of sp³-hybridized carbons (Fsp3) is 0.222. The molecule has 6 heteroatoms. The highest BCUT2D eigenvalue weighted by Crippen LogP contribution is 2.30. The molecule has 24 heavy (non-hydrogen) atoms. The van der Waals surface area contributed by atoms with Crippen molar-refractivity contribution >= 4 is 10.9 Å². The minimum Gasteiger partial charge on any atom is -0.490 e. The summed E-state index contributed by atoms with van der Waals surface area (Å²) < 4.78 is 34.2. The second-order valence-corrected chi connectivity index (χ2v) is 5.37. The monoisotopic (exact) mass is 330 g/mol. The van der Waals surface area contributed by atoms with Gasteiger partial charge in [0.15, 0.2) is 11.6 Å². The van der Waals surface area contributed by atoms with Crippen molar-refractivity contribution in [1.82, 2.24) is 9.97 Å². The molecule has 3 aromatic rings. The average molecular weight is 330 g/mol. The van der Waals surface area contributed by atoms with E-state index in [4.69, 9.17) is 4.74 Å². The molecule has 0 spiro atoms. The molecule has 4 nitrogen and oxygen atoms in total. The number of ether oxygens (including phenoxy) is 1. The van der Waals surface area contributed by atoms with Crippen LogP contribution >= 0.6 is 0 Å². The normalized spacial score (nSPS) is 11.0. The Labute approximate surface area is 137 Å². The Bertz CT molecular complexity index is 938. The first-order valence-electron chi connectivity index (χ1n) is 7.72. The number of hydrogen-bond acceptors (Lipinski definition) is 3. The summed E-state index contributed by atoms with van der Waals surface area (Å²) in [6.07, 6.45) is 1.66. The minimum absolute atomic E-state index is 0.0596. The Hall–Kier alpha value is -2.76. The van der Waals surface area contributed by atoms with Gasteiger partial charge in [0.25, 0.3) is 5.56 Å². The van der Waals surface area contributed by atoms with E-state index in [1.54, 1.807) is 24.3 Å². The fourth-order valence-corrected chi connectivity index (χ4v) is 2.39. The van der Waals surface area contributed by atoms with E-state index in [2.05, 4.69) is 9.97 Å². The lowest BCUT2D eigenvalue weighted by molar-refractivity contribution is 0.294. The summed E-state index contributed by atoms with van der Waals surface area (Å²) in [5.74, 6) is -1.90. The summed E-state index contributed by atoms with van der Waals surface area (Å²) in [6.45, 7) is 2.32. The highest BCUT2D eigenvalue weighted by atomic mass is 19.1. The van der Waals surface area contributed by atoms with E-state index in [0.717, 1.165) is 18.9 Å². The molecule has 0 bridgehead atoms. The Morgan fingerprint density at radius 3 is 2.75 bits per heavy atom. The zero-order valence-corrected chi connectivity index (χ0v) is 13.1. The maximum absolute atomic E-state index is 14.7. The summed E-state index contributed by atoms with van der Waals surface area (Å²) in [5, 5.41) is 0.359. The van der Waals surface area contributed by atoms with Crippen LogP contribution in [0.25, 0.3) is 22.3 Å². The summed E-state index contributed by atoms with van der Waals surface area (Å²) in [7, 11) is 0. The number of aromatic amines is 1. The van der Waals surface area contributed by atoms with Crippen molar-refractivity contribution in [3.8, 4) is 17.1 Å². The number of nitrogens with zero attached hydrogens (tertiary/aromatic N) is 1. The number of unbranched alkanes of at least 4 members (excludes halogenated alkanes) is 1. The van der Waals surface area contributed by atoms with Gasteiger partial charge in [0, 0.05) is 0 Å². The van der Waals surface area contributed by atoms with Crippen LogP contribution in [-0.2, 0) is 0 Å². The van der Waals surface area contributed by atoms with Gasteiger partial charge in [0.2, 0.25) is 0 Å². The Morgan fingerprint density at radius 2 is 1.96 bits per heavy atom. The molecule has 0 aliphatic carbocycles. The zero-order valence-electron chi connectivity index (χ0n) is 13.1. The average Bonchev–Trinajstić information content (AvgIpc) is 2.57. The van der Waals surface area contributed by atoms with Crippen LogP contribution in [0, 0.1) is 11.6 Å². The number of hydrogen-bond donors (Lipinski definition) is 1. The van der Waals surface area contributed by atoms with Crippen LogP contribution in [0.4, 0.5) is 8.78 Å². The Morgan fingerprint density at radius 1 is 1.17 bits per heavy atom. The van der Waals surface area contributed by atoms with E-state index in [1.807, 2.05) is 6.92 Å². The first-order chi connectivity index (χ1) is 11.6. The summed E-state index contributed by atoms with van der Waals surface area (Å²) >= 11 is 0. The largest absolute Gasteiger partial charge is 0.490 e. The van der Waals surface area contributed by atoms with Gasteiger partial charge in [-0.05, 0) is 30.7 Å². The van der Waals surface area contributed by atoms with E-state index >= 15 is 0 Å². The lowest BCUT2D eigenvalue weighted by Gasteiger charge is -2.11. The Kier molecular flexibility index (Phi) is 4.55. The molecule has 0 aliphatic rings. The first-order valence-corrected chi connectivity index (χ1v) is 7.72. The van der Waals surface area contributed by atoms with E-state index < -0.39 is 22.8 Å². The van der Waals surface area contributed by atoms with Crippen molar-refractivity contribution in [3.63, 3.8) is 0 Å². The number of halogens is 2. The van der Waals surface area contributed by atoms with E-state index in [-0.39, 0.29) is 11.6 Å².